The Balaban J connectivity index is 1.42. The molecule has 0 aliphatic carbocycles. The van der Waals surface area contributed by atoms with Gasteiger partial charge in [-0.05, 0) is 35.9 Å². The van der Waals surface area contributed by atoms with Gasteiger partial charge < -0.3 is 25.4 Å². The van der Waals surface area contributed by atoms with Gasteiger partial charge in [-0.15, -0.1) is 0 Å². The van der Waals surface area contributed by atoms with Crippen molar-refractivity contribution < 1.29 is 18.3 Å². The summed E-state index contributed by atoms with van der Waals surface area (Å²) in [7, 11) is 1.46. The number of pyridine rings is 1. The number of piperidine rings is 1. The first-order chi connectivity index (χ1) is 19.4. The van der Waals surface area contributed by atoms with Crippen LogP contribution < -0.4 is 16.0 Å². The first-order valence-electron chi connectivity index (χ1n) is 12.9. The van der Waals surface area contributed by atoms with E-state index < -0.39 is 11.6 Å². The fraction of sp³-hybridized carbons (Fsp3) is 0.357. The van der Waals surface area contributed by atoms with Crippen LogP contribution in [0.4, 0.5) is 26.1 Å². The predicted octanol–water partition coefficient (Wildman–Crippen LogP) is 4.04. The number of nitrogens with two attached hydrogens (primary N) is 1. The van der Waals surface area contributed by atoms with Gasteiger partial charge in [0.25, 0.3) is 0 Å². The van der Waals surface area contributed by atoms with E-state index in [-0.39, 0.29) is 35.9 Å². The predicted molar refractivity (Wildman–Crippen MR) is 146 cm³/mol. The molecule has 0 bridgehead atoms. The molecule has 5 rings (SSSR count). The lowest BCUT2D eigenvalue weighted by Crippen LogP contribution is -2.56. The van der Waals surface area contributed by atoms with Crippen molar-refractivity contribution in [1.29, 1.82) is 5.26 Å². The Bertz CT molecular complexity index is 1500. The van der Waals surface area contributed by atoms with Crippen molar-refractivity contribution in [3.05, 3.63) is 66.1 Å². The average molecular weight is 549 g/mol. The summed E-state index contributed by atoms with van der Waals surface area (Å²) in [6.45, 7) is 3.76. The molecule has 10 nitrogen and oxygen atoms in total. The summed E-state index contributed by atoms with van der Waals surface area (Å²) < 4.78 is 42.2. The molecule has 1 saturated heterocycles. The topological polar surface area (TPSA) is 127 Å². The van der Waals surface area contributed by atoms with E-state index in [1.165, 1.54) is 23.8 Å². The van der Waals surface area contributed by atoms with Crippen molar-refractivity contribution >= 4 is 22.8 Å². The highest BCUT2D eigenvalue weighted by Crippen LogP contribution is 2.32. The van der Waals surface area contributed by atoms with Gasteiger partial charge in [0.1, 0.15) is 11.6 Å². The Morgan fingerprint density at radius 1 is 1.18 bits per heavy atom. The van der Waals surface area contributed by atoms with E-state index in [9.17, 15) is 8.78 Å². The maximum absolute atomic E-state index is 14.9. The molecule has 0 unspecified atom stereocenters. The van der Waals surface area contributed by atoms with Gasteiger partial charge in [0, 0.05) is 38.4 Å². The minimum atomic E-state index is -0.728. The first-order valence-corrected chi connectivity index (χ1v) is 12.9. The number of imidazole rings is 1. The molecule has 1 aliphatic rings. The normalized spacial score (nSPS) is 19.1. The van der Waals surface area contributed by atoms with Gasteiger partial charge in [0.2, 0.25) is 5.95 Å². The van der Waals surface area contributed by atoms with Gasteiger partial charge >= 0.3 is 0 Å². The maximum Gasteiger partial charge on any atom is 0.229 e. The molecule has 1 fully saturated rings. The number of anilines is 3. The minimum absolute atomic E-state index is 0.0964. The molecule has 0 radical (unpaired) electrons. The second kappa shape index (κ2) is 11.9. The Morgan fingerprint density at radius 3 is 2.70 bits per heavy atom. The number of nitriles is 1. The largest absolute Gasteiger partial charge is 0.380 e. The summed E-state index contributed by atoms with van der Waals surface area (Å²) >= 11 is 0. The zero-order valence-electron chi connectivity index (χ0n) is 22.2. The van der Waals surface area contributed by atoms with Crippen LogP contribution in [0.5, 0.6) is 0 Å². The minimum Gasteiger partial charge on any atom is -0.380 e. The monoisotopic (exact) mass is 548 g/mol. The fourth-order valence-corrected chi connectivity index (χ4v) is 5.13. The Hall–Kier alpha value is -4.18. The molecular formula is C28H30F2N8O2. The van der Waals surface area contributed by atoms with E-state index >= 15 is 0 Å². The third kappa shape index (κ3) is 5.58. The maximum atomic E-state index is 14.9. The lowest BCUT2D eigenvalue weighted by Gasteiger charge is -2.42. The Kier molecular flexibility index (Phi) is 8.16. The number of ether oxygens (including phenoxy) is 2. The molecule has 40 heavy (non-hydrogen) atoms. The second-order valence-corrected chi connectivity index (χ2v) is 9.81. The van der Waals surface area contributed by atoms with Crippen molar-refractivity contribution in [1.82, 2.24) is 19.6 Å². The van der Waals surface area contributed by atoms with Crippen molar-refractivity contribution in [2.75, 3.05) is 37.0 Å². The number of rotatable bonds is 9. The molecular weight excluding hydrogens is 518 g/mol. The van der Waals surface area contributed by atoms with Gasteiger partial charge in [-0.1, -0.05) is 6.92 Å². The summed E-state index contributed by atoms with van der Waals surface area (Å²) in [6, 6.07) is 9.47. The van der Waals surface area contributed by atoms with Crippen LogP contribution in [-0.2, 0) is 16.1 Å². The number of benzene rings is 1. The van der Waals surface area contributed by atoms with Crippen LogP contribution in [0.15, 0.2) is 48.9 Å². The third-order valence-electron chi connectivity index (χ3n) is 6.88. The van der Waals surface area contributed by atoms with E-state index in [1.807, 2.05) is 6.07 Å². The molecule has 3 atom stereocenters. The number of nitrogens with one attached hydrogen (secondary N) is 1. The second-order valence-electron chi connectivity index (χ2n) is 9.81. The summed E-state index contributed by atoms with van der Waals surface area (Å²) in [6.07, 6.45) is 5.17. The summed E-state index contributed by atoms with van der Waals surface area (Å²) in [5.74, 6) is -0.975. The number of aromatic nitrogens is 4. The smallest absolute Gasteiger partial charge is 0.229 e. The van der Waals surface area contributed by atoms with Crippen LogP contribution in [-0.4, -0.2) is 58.5 Å². The number of hydrogen-bond donors (Lipinski definition) is 2. The van der Waals surface area contributed by atoms with Gasteiger partial charge in [0.05, 0.1) is 72.4 Å². The lowest BCUT2D eigenvalue weighted by molar-refractivity contribution is -0.00331. The van der Waals surface area contributed by atoms with Crippen molar-refractivity contribution in [2.45, 2.75) is 32.1 Å². The molecule has 4 aromatic rings. The molecule has 3 N–H and O–H groups in total. The Labute approximate surface area is 230 Å². The zero-order valence-corrected chi connectivity index (χ0v) is 22.2. The molecule has 208 valence electrons. The van der Waals surface area contributed by atoms with Gasteiger partial charge in [0.15, 0.2) is 0 Å². The Morgan fingerprint density at radius 2 is 1.98 bits per heavy atom. The molecule has 1 aliphatic heterocycles. The van der Waals surface area contributed by atoms with Crippen LogP contribution in [0.2, 0.25) is 0 Å². The van der Waals surface area contributed by atoms with Gasteiger partial charge in [-0.3, -0.25) is 4.98 Å². The third-order valence-corrected chi connectivity index (χ3v) is 6.88. The number of nitrogens with zero attached hydrogens (tertiary/aromatic N) is 6. The van der Waals surface area contributed by atoms with Crippen molar-refractivity contribution in [2.24, 2.45) is 11.7 Å². The van der Waals surface area contributed by atoms with Crippen molar-refractivity contribution in [3.8, 4) is 17.3 Å². The molecule has 0 spiro atoms. The van der Waals surface area contributed by atoms with Crippen molar-refractivity contribution in [3.63, 3.8) is 0 Å². The van der Waals surface area contributed by atoms with Crippen LogP contribution >= 0.6 is 0 Å². The van der Waals surface area contributed by atoms with Crippen LogP contribution in [0.25, 0.3) is 16.8 Å². The number of halogens is 2. The van der Waals surface area contributed by atoms with Crippen LogP contribution in [0.1, 0.15) is 18.9 Å². The standard InChI is InChI=1S/C28H30F2N8O2/c1-17-14-37(15-22(32)27(17)40-9-3-7-31)25-6-8-33-13-24(25)35-28-34-12-19-4-5-23(36-38(19)28)26-20(29)10-18(16-39-2)11-21(26)30/h4-6,8,10-13,17,22,27H,3,9,14-16,32H2,1-2H3,(H,34,35)/t17-,22+,27-/m0/s1. The van der Waals surface area contributed by atoms with Gasteiger partial charge in [-0.25, -0.2) is 13.8 Å². The number of fused-ring (bicyclic) bond motifs is 1. The quantitative estimate of drug-likeness (QED) is 0.298. The first kappa shape index (κ1) is 27.4. The zero-order chi connectivity index (χ0) is 28.2. The molecule has 0 amide bonds. The summed E-state index contributed by atoms with van der Waals surface area (Å²) in [5, 5.41) is 16.6. The van der Waals surface area contributed by atoms with Gasteiger partial charge in [-0.2, -0.15) is 14.9 Å². The van der Waals surface area contributed by atoms with E-state index in [4.69, 9.17) is 20.5 Å². The molecule has 12 heteroatoms. The highest BCUT2D eigenvalue weighted by molar-refractivity contribution is 5.74. The van der Waals surface area contributed by atoms with Crippen LogP contribution in [0.3, 0.4) is 0 Å². The molecule has 4 heterocycles. The van der Waals surface area contributed by atoms with E-state index in [0.29, 0.717) is 48.8 Å². The summed E-state index contributed by atoms with van der Waals surface area (Å²) in [4.78, 5) is 10.9. The summed E-state index contributed by atoms with van der Waals surface area (Å²) in [5.41, 5.74) is 8.94. The molecule has 0 saturated carbocycles. The van der Waals surface area contributed by atoms with E-state index in [2.05, 4.69) is 38.3 Å². The van der Waals surface area contributed by atoms with E-state index in [1.54, 1.807) is 30.7 Å². The molecule has 1 aromatic carbocycles. The van der Waals surface area contributed by atoms with Crippen LogP contribution in [0, 0.1) is 28.9 Å². The fourth-order valence-electron chi connectivity index (χ4n) is 5.13. The molecule has 3 aromatic heterocycles. The SMILES string of the molecule is COCc1cc(F)c(-c2ccc3cnc(Nc4cnccc4N4C[C@@H](N)[C@@H](OCCC#N)[C@@H](C)C4)n3n2)c(F)c1. The van der Waals surface area contributed by atoms with E-state index in [0.717, 1.165) is 5.69 Å². The highest BCUT2D eigenvalue weighted by atomic mass is 19.1. The average Bonchev–Trinajstić information content (AvgIpc) is 3.32. The highest BCUT2D eigenvalue weighted by Gasteiger charge is 2.34. The number of hydrogen-bond acceptors (Lipinski definition) is 9. The number of methoxy groups -OCH3 is 1. The lowest BCUT2D eigenvalue weighted by atomic mass is 9.92.